The lowest BCUT2D eigenvalue weighted by molar-refractivity contribution is 0.227. The third-order valence-corrected chi connectivity index (χ3v) is 5.58. The topological polar surface area (TPSA) is 71.2 Å². The molecule has 1 saturated heterocycles. The van der Waals surface area contributed by atoms with Crippen molar-refractivity contribution in [3.8, 4) is 11.5 Å². The molecular weight excluding hydrogens is 360 g/mol. The molecule has 7 nitrogen and oxygen atoms in total. The molecule has 136 valence electrons. The van der Waals surface area contributed by atoms with Crippen molar-refractivity contribution in [2.45, 2.75) is 6.54 Å². The van der Waals surface area contributed by atoms with E-state index in [-0.39, 0.29) is 0 Å². The number of hydrogen-bond donors (Lipinski definition) is 0. The van der Waals surface area contributed by atoms with Crippen molar-refractivity contribution in [3.05, 3.63) is 54.7 Å². The second-order valence-corrected chi connectivity index (χ2v) is 7.31. The highest BCUT2D eigenvalue weighted by Crippen LogP contribution is 2.30. The monoisotopic (exact) mass is 378 g/mol. The highest BCUT2D eigenvalue weighted by molar-refractivity contribution is 7.13. The summed E-state index contributed by atoms with van der Waals surface area (Å²) in [5.41, 5.74) is 0.844. The van der Waals surface area contributed by atoms with Crippen molar-refractivity contribution < 1.29 is 4.42 Å². The van der Waals surface area contributed by atoms with E-state index in [4.69, 9.17) is 4.42 Å². The molecule has 1 aliphatic rings. The first-order valence-corrected chi connectivity index (χ1v) is 9.69. The molecule has 0 aliphatic carbocycles. The Bertz CT molecular complexity index is 1040. The van der Waals surface area contributed by atoms with Crippen molar-refractivity contribution in [1.82, 2.24) is 24.5 Å². The first-order valence-electron chi connectivity index (χ1n) is 8.91. The van der Waals surface area contributed by atoms with E-state index in [1.54, 1.807) is 23.9 Å². The summed E-state index contributed by atoms with van der Waals surface area (Å²) in [4.78, 5) is 8.80. The number of hydrogen-bond acceptors (Lipinski definition) is 8. The summed E-state index contributed by atoms with van der Waals surface area (Å²) >= 11 is 1.57. The van der Waals surface area contributed by atoms with Gasteiger partial charge in [-0.1, -0.05) is 12.1 Å². The SMILES string of the molecule is c1cncc(-c2nnc(CN3CCN(c4nsc5ccccc45)CC3)o2)c1. The summed E-state index contributed by atoms with van der Waals surface area (Å²) in [5, 5.41) is 9.57. The standard InChI is InChI=1S/C19H18N6OS/c1-2-6-16-15(5-1)18(23-27-16)25-10-8-24(9-11-25)13-17-21-22-19(26-17)14-4-3-7-20-12-14/h1-7,12H,8-11,13H2. The van der Waals surface area contributed by atoms with Crippen molar-refractivity contribution in [1.29, 1.82) is 0 Å². The van der Waals surface area contributed by atoms with Gasteiger partial charge in [-0.25, -0.2) is 0 Å². The highest BCUT2D eigenvalue weighted by Gasteiger charge is 2.22. The zero-order valence-electron chi connectivity index (χ0n) is 14.7. The normalized spacial score (nSPS) is 15.5. The molecule has 1 aromatic carbocycles. The van der Waals surface area contributed by atoms with Crippen LogP contribution in [0.25, 0.3) is 21.5 Å². The highest BCUT2D eigenvalue weighted by atomic mass is 32.1. The molecular formula is C19H18N6OS. The molecule has 0 bridgehead atoms. The van der Waals surface area contributed by atoms with Gasteiger partial charge in [-0.2, -0.15) is 4.37 Å². The zero-order chi connectivity index (χ0) is 18.1. The Morgan fingerprint density at radius 3 is 2.74 bits per heavy atom. The molecule has 27 heavy (non-hydrogen) atoms. The Labute approximate surface area is 160 Å². The van der Waals surface area contributed by atoms with Gasteiger partial charge in [-0.15, -0.1) is 10.2 Å². The largest absolute Gasteiger partial charge is 0.419 e. The van der Waals surface area contributed by atoms with Crippen molar-refractivity contribution in [3.63, 3.8) is 0 Å². The van der Waals surface area contributed by atoms with E-state index in [0.717, 1.165) is 37.6 Å². The molecule has 0 N–H and O–H groups in total. The number of piperazine rings is 1. The van der Waals surface area contributed by atoms with E-state index in [1.807, 2.05) is 12.1 Å². The lowest BCUT2D eigenvalue weighted by atomic mass is 10.2. The van der Waals surface area contributed by atoms with Crippen LogP contribution in [0, 0.1) is 0 Å². The quantitative estimate of drug-likeness (QED) is 0.540. The number of benzene rings is 1. The molecule has 1 aliphatic heterocycles. The second-order valence-electron chi connectivity index (χ2n) is 6.51. The summed E-state index contributed by atoms with van der Waals surface area (Å²) in [5.74, 6) is 2.26. The minimum Gasteiger partial charge on any atom is -0.419 e. The molecule has 1 fully saturated rings. The number of aromatic nitrogens is 4. The van der Waals surface area contributed by atoms with Gasteiger partial charge in [0.15, 0.2) is 0 Å². The van der Waals surface area contributed by atoms with Crippen LogP contribution in [-0.2, 0) is 6.54 Å². The summed E-state index contributed by atoms with van der Waals surface area (Å²) in [6.07, 6.45) is 3.46. The van der Waals surface area contributed by atoms with Crippen LogP contribution in [0.5, 0.6) is 0 Å². The van der Waals surface area contributed by atoms with Gasteiger partial charge in [0.2, 0.25) is 11.8 Å². The fourth-order valence-corrected chi connectivity index (χ4v) is 4.13. The van der Waals surface area contributed by atoms with Crippen LogP contribution in [0.3, 0.4) is 0 Å². The molecule has 0 unspecified atom stereocenters. The van der Waals surface area contributed by atoms with Crippen molar-refractivity contribution in [2.24, 2.45) is 0 Å². The maximum Gasteiger partial charge on any atom is 0.249 e. The van der Waals surface area contributed by atoms with Crippen molar-refractivity contribution >= 4 is 27.4 Å². The van der Waals surface area contributed by atoms with E-state index in [1.165, 1.54) is 10.1 Å². The van der Waals surface area contributed by atoms with Crippen LogP contribution in [-0.4, -0.2) is 50.6 Å². The number of nitrogens with zero attached hydrogens (tertiary/aromatic N) is 6. The Kier molecular flexibility index (Phi) is 4.27. The lowest BCUT2D eigenvalue weighted by Crippen LogP contribution is -2.46. The number of rotatable bonds is 4. The Morgan fingerprint density at radius 2 is 1.89 bits per heavy atom. The smallest absolute Gasteiger partial charge is 0.249 e. The van der Waals surface area contributed by atoms with Gasteiger partial charge in [-0.3, -0.25) is 9.88 Å². The maximum absolute atomic E-state index is 5.80. The summed E-state index contributed by atoms with van der Waals surface area (Å²) in [7, 11) is 0. The van der Waals surface area contributed by atoms with Gasteiger partial charge in [0.25, 0.3) is 0 Å². The van der Waals surface area contributed by atoms with Gasteiger partial charge < -0.3 is 9.32 Å². The first-order chi connectivity index (χ1) is 13.4. The van der Waals surface area contributed by atoms with E-state index in [2.05, 4.69) is 53.6 Å². The third kappa shape index (κ3) is 3.29. The second kappa shape index (κ2) is 7.05. The molecule has 8 heteroatoms. The van der Waals surface area contributed by atoms with Crippen LogP contribution in [0.2, 0.25) is 0 Å². The van der Waals surface area contributed by atoms with E-state index < -0.39 is 0 Å². The molecule has 0 saturated carbocycles. The van der Waals surface area contributed by atoms with E-state index >= 15 is 0 Å². The molecule has 0 radical (unpaired) electrons. The Hall–Kier alpha value is -2.84. The van der Waals surface area contributed by atoms with Crippen LogP contribution in [0.1, 0.15) is 5.89 Å². The molecule has 0 spiro atoms. The predicted octanol–water partition coefficient (Wildman–Crippen LogP) is 3.06. The fourth-order valence-electron chi connectivity index (χ4n) is 3.33. The van der Waals surface area contributed by atoms with Gasteiger partial charge in [0.05, 0.1) is 16.8 Å². The summed E-state index contributed by atoms with van der Waals surface area (Å²) in [6.45, 7) is 4.43. The van der Waals surface area contributed by atoms with Gasteiger partial charge in [-0.05, 0) is 35.8 Å². The van der Waals surface area contributed by atoms with Crippen molar-refractivity contribution in [2.75, 3.05) is 31.1 Å². The minimum absolute atomic E-state index is 0.519. The Balaban J connectivity index is 1.23. The van der Waals surface area contributed by atoms with Gasteiger partial charge >= 0.3 is 0 Å². The van der Waals surface area contributed by atoms with Crippen LogP contribution < -0.4 is 4.90 Å². The fraction of sp³-hybridized carbons (Fsp3) is 0.263. The third-order valence-electron chi connectivity index (χ3n) is 4.76. The lowest BCUT2D eigenvalue weighted by Gasteiger charge is -2.34. The average molecular weight is 378 g/mol. The molecule has 0 amide bonds. The van der Waals surface area contributed by atoms with Crippen LogP contribution in [0.4, 0.5) is 5.82 Å². The van der Waals surface area contributed by atoms with Gasteiger partial charge in [0, 0.05) is 44.0 Å². The number of anilines is 1. The molecule has 4 heterocycles. The first kappa shape index (κ1) is 16.3. The zero-order valence-corrected chi connectivity index (χ0v) is 15.5. The molecule has 4 aromatic rings. The maximum atomic E-state index is 5.80. The summed E-state index contributed by atoms with van der Waals surface area (Å²) in [6, 6.07) is 12.2. The molecule has 0 atom stereocenters. The van der Waals surface area contributed by atoms with E-state index in [0.29, 0.717) is 18.3 Å². The summed E-state index contributed by atoms with van der Waals surface area (Å²) < 4.78 is 11.7. The molecule has 5 rings (SSSR count). The minimum atomic E-state index is 0.519. The van der Waals surface area contributed by atoms with Crippen LogP contribution >= 0.6 is 11.5 Å². The molecule has 3 aromatic heterocycles. The Morgan fingerprint density at radius 1 is 1.00 bits per heavy atom. The number of pyridine rings is 1. The average Bonchev–Trinajstić information content (AvgIpc) is 3.37. The van der Waals surface area contributed by atoms with Gasteiger partial charge in [0.1, 0.15) is 5.82 Å². The number of fused-ring (bicyclic) bond motifs is 1. The van der Waals surface area contributed by atoms with E-state index in [9.17, 15) is 0 Å². The predicted molar refractivity (Wildman–Crippen MR) is 105 cm³/mol. The van der Waals surface area contributed by atoms with Crippen LogP contribution in [0.15, 0.2) is 53.2 Å².